The first kappa shape index (κ1) is 21.3. The van der Waals surface area contributed by atoms with E-state index in [1.165, 1.54) is 48.2 Å². The minimum atomic E-state index is -1.38. The van der Waals surface area contributed by atoms with E-state index >= 15 is 0 Å². The quantitative estimate of drug-likeness (QED) is 0.543. The molecule has 0 unspecified atom stereocenters. The zero-order valence-electron chi connectivity index (χ0n) is 16.7. The number of hydrogen-bond donors (Lipinski definition) is 3. The van der Waals surface area contributed by atoms with E-state index in [9.17, 15) is 24.2 Å². The zero-order valence-corrected chi connectivity index (χ0v) is 16.7. The van der Waals surface area contributed by atoms with Crippen molar-refractivity contribution in [2.24, 2.45) is 5.92 Å². The molecule has 9 heteroatoms. The number of aliphatic hydroxyl groups excluding tert-OH is 1. The molecule has 0 saturated heterocycles. The molecule has 2 aromatic heterocycles. The Labute approximate surface area is 171 Å². The first-order valence-electron chi connectivity index (χ1n) is 9.27. The van der Waals surface area contributed by atoms with Crippen LogP contribution in [0.5, 0.6) is 5.88 Å². The number of halogens is 1. The Hall–Kier alpha value is -3.46. The van der Waals surface area contributed by atoms with Gasteiger partial charge in [0, 0.05) is 11.9 Å². The van der Waals surface area contributed by atoms with Gasteiger partial charge < -0.3 is 24.8 Å². The van der Waals surface area contributed by atoms with Crippen LogP contribution in [0.3, 0.4) is 0 Å². The molecule has 0 aliphatic heterocycles. The molecule has 1 atom stereocenters. The molecule has 0 radical (unpaired) electrons. The molecule has 8 nitrogen and oxygen atoms in total. The minimum Gasteiger partial charge on any atom is -0.479 e. The molecule has 30 heavy (non-hydrogen) atoms. The topological polar surface area (TPSA) is 114 Å². The Bertz CT molecular complexity index is 1140. The van der Waals surface area contributed by atoms with E-state index in [1.54, 1.807) is 0 Å². The van der Waals surface area contributed by atoms with E-state index in [1.807, 2.05) is 13.8 Å². The zero-order chi connectivity index (χ0) is 22.0. The van der Waals surface area contributed by atoms with Crippen molar-refractivity contribution in [1.29, 1.82) is 0 Å². The number of aromatic carboxylic acids is 1. The summed E-state index contributed by atoms with van der Waals surface area (Å²) in [6, 6.07) is 6.50. The number of fused-ring (bicyclic) bond motifs is 1. The lowest BCUT2D eigenvalue weighted by molar-refractivity contribution is 0.0694. The van der Waals surface area contributed by atoms with Crippen LogP contribution >= 0.6 is 0 Å². The van der Waals surface area contributed by atoms with Crippen molar-refractivity contribution in [3.63, 3.8) is 0 Å². The lowest BCUT2D eigenvalue weighted by atomic mass is 10.0. The maximum atomic E-state index is 13.2. The molecule has 0 bridgehead atoms. The number of methoxy groups -OCH3 is 1. The van der Waals surface area contributed by atoms with E-state index in [-0.39, 0.29) is 29.4 Å². The van der Waals surface area contributed by atoms with Crippen molar-refractivity contribution >= 4 is 28.4 Å². The van der Waals surface area contributed by atoms with E-state index in [4.69, 9.17) is 4.74 Å². The number of carboxylic acids is 1. The first-order valence-corrected chi connectivity index (χ1v) is 9.27. The van der Waals surface area contributed by atoms with E-state index < -0.39 is 28.8 Å². The highest BCUT2D eigenvalue weighted by Gasteiger charge is 2.23. The summed E-state index contributed by atoms with van der Waals surface area (Å²) < 4.78 is 20.0. The van der Waals surface area contributed by atoms with Crippen molar-refractivity contribution in [2.45, 2.75) is 19.9 Å². The summed E-state index contributed by atoms with van der Waals surface area (Å²) in [6.45, 7) is 3.47. The molecule has 2 heterocycles. The summed E-state index contributed by atoms with van der Waals surface area (Å²) in [5.74, 6) is -1.68. The summed E-state index contributed by atoms with van der Waals surface area (Å²) in [6.07, 6.45) is 1.20. The number of carbonyl (C=O) groups is 1. The number of nitrogens with zero attached hydrogens (tertiary/aromatic N) is 2. The normalized spacial score (nSPS) is 12.2. The van der Waals surface area contributed by atoms with E-state index in [0.717, 1.165) is 0 Å². The fourth-order valence-electron chi connectivity index (χ4n) is 3.21. The number of ether oxygens (including phenoxy) is 1. The number of nitrogens with one attached hydrogen (secondary N) is 1. The van der Waals surface area contributed by atoms with Gasteiger partial charge in [-0.3, -0.25) is 4.79 Å². The first-order chi connectivity index (χ1) is 14.3. The number of anilines is 2. The SMILES string of the molecule is COc1nc2c(cc1Nc1ccc(F)cc1)c(=O)c(C(=O)O)cn2[C@H](CO)C(C)C. The van der Waals surface area contributed by atoms with Gasteiger partial charge in [-0.25, -0.2) is 9.18 Å². The summed E-state index contributed by atoms with van der Waals surface area (Å²) in [7, 11) is 1.41. The van der Waals surface area contributed by atoms with Crippen molar-refractivity contribution in [1.82, 2.24) is 9.55 Å². The molecule has 0 aliphatic rings. The van der Waals surface area contributed by atoms with Gasteiger partial charge in [-0.2, -0.15) is 4.98 Å². The van der Waals surface area contributed by atoms with Gasteiger partial charge in [-0.05, 0) is 36.2 Å². The van der Waals surface area contributed by atoms with Gasteiger partial charge in [-0.1, -0.05) is 13.8 Å². The minimum absolute atomic E-state index is 0.0550. The Morgan fingerprint density at radius 2 is 1.97 bits per heavy atom. The van der Waals surface area contributed by atoms with Gasteiger partial charge in [0.1, 0.15) is 22.7 Å². The molecule has 0 aliphatic carbocycles. The van der Waals surface area contributed by atoms with Crippen LogP contribution in [-0.2, 0) is 0 Å². The fraction of sp³-hybridized carbons (Fsp3) is 0.286. The second-order valence-electron chi connectivity index (χ2n) is 7.13. The molecule has 0 saturated carbocycles. The molecule has 3 N–H and O–H groups in total. The number of aromatic nitrogens is 2. The Morgan fingerprint density at radius 3 is 2.50 bits per heavy atom. The van der Waals surface area contributed by atoms with Crippen LogP contribution in [0.2, 0.25) is 0 Å². The van der Waals surface area contributed by atoms with Crippen LogP contribution in [-0.4, -0.2) is 39.5 Å². The number of hydrogen-bond acceptors (Lipinski definition) is 6. The summed E-state index contributed by atoms with van der Waals surface area (Å²) >= 11 is 0. The summed E-state index contributed by atoms with van der Waals surface area (Å²) in [5, 5.41) is 22.4. The number of benzene rings is 1. The summed E-state index contributed by atoms with van der Waals surface area (Å²) in [5.41, 5.74) is -0.0964. The van der Waals surface area contributed by atoms with Crippen LogP contribution in [0.4, 0.5) is 15.8 Å². The molecule has 0 spiro atoms. The molecule has 3 rings (SSSR count). The second kappa shape index (κ2) is 8.50. The van der Waals surface area contributed by atoms with E-state index in [0.29, 0.717) is 11.4 Å². The average Bonchev–Trinajstić information content (AvgIpc) is 2.71. The van der Waals surface area contributed by atoms with Crippen LogP contribution in [0, 0.1) is 11.7 Å². The van der Waals surface area contributed by atoms with Gasteiger partial charge in [0.25, 0.3) is 0 Å². The van der Waals surface area contributed by atoms with Crippen LogP contribution < -0.4 is 15.5 Å². The number of pyridine rings is 2. The fourth-order valence-corrected chi connectivity index (χ4v) is 3.21. The molecule has 3 aromatic rings. The van der Waals surface area contributed by atoms with Gasteiger partial charge in [0.15, 0.2) is 0 Å². The van der Waals surface area contributed by atoms with Crippen molar-refractivity contribution < 1.29 is 24.1 Å². The predicted octanol–water partition coefficient (Wildman–Crippen LogP) is 3.18. The molecule has 1 aromatic carbocycles. The lowest BCUT2D eigenvalue weighted by Gasteiger charge is -2.24. The molecular weight excluding hydrogens is 393 g/mol. The van der Waals surface area contributed by atoms with Crippen LogP contribution in [0.1, 0.15) is 30.2 Å². The van der Waals surface area contributed by atoms with Gasteiger partial charge in [0.05, 0.1) is 25.1 Å². The summed E-state index contributed by atoms with van der Waals surface area (Å²) in [4.78, 5) is 28.9. The Kier molecular flexibility index (Phi) is 6.02. The molecular formula is C21H22FN3O5. The highest BCUT2D eigenvalue weighted by atomic mass is 19.1. The molecule has 0 amide bonds. The van der Waals surface area contributed by atoms with Gasteiger partial charge in [0.2, 0.25) is 11.3 Å². The number of aliphatic hydroxyl groups is 1. The molecule has 158 valence electrons. The van der Waals surface area contributed by atoms with Crippen LogP contribution in [0.25, 0.3) is 11.0 Å². The smallest absolute Gasteiger partial charge is 0.341 e. The maximum absolute atomic E-state index is 13.2. The lowest BCUT2D eigenvalue weighted by Crippen LogP contribution is -2.26. The van der Waals surface area contributed by atoms with Crippen molar-refractivity contribution in [3.05, 3.63) is 58.1 Å². The highest BCUT2D eigenvalue weighted by Crippen LogP contribution is 2.31. The van der Waals surface area contributed by atoms with Crippen molar-refractivity contribution in [2.75, 3.05) is 19.0 Å². The average molecular weight is 415 g/mol. The van der Waals surface area contributed by atoms with Crippen LogP contribution in [0.15, 0.2) is 41.3 Å². The largest absolute Gasteiger partial charge is 0.479 e. The highest BCUT2D eigenvalue weighted by molar-refractivity contribution is 5.93. The third-order valence-electron chi connectivity index (χ3n) is 4.83. The second-order valence-corrected chi connectivity index (χ2v) is 7.13. The third kappa shape index (κ3) is 3.97. The third-order valence-corrected chi connectivity index (χ3v) is 4.83. The Morgan fingerprint density at radius 1 is 1.30 bits per heavy atom. The van der Waals surface area contributed by atoms with Gasteiger partial charge in [-0.15, -0.1) is 0 Å². The monoisotopic (exact) mass is 415 g/mol. The van der Waals surface area contributed by atoms with Gasteiger partial charge >= 0.3 is 5.97 Å². The maximum Gasteiger partial charge on any atom is 0.341 e. The standard InChI is InChI=1S/C21H22FN3O5/c1-11(2)17(10-26)25-9-15(21(28)29)18(27)14-8-16(20(30-3)24-19(14)25)23-13-6-4-12(22)5-7-13/h4-9,11,17,23,26H,10H2,1-3H3,(H,28,29)/t17-/m1/s1. The van der Waals surface area contributed by atoms with Crippen molar-refractivity contribution in [3.8, 4) is 5.88 Å². The molecule has 0 fully saturated rings. The number of rotatable bonds is 7. The van der Waals surface area contributed by atoms with E-state index in [2.05, 4.69) is 10.3 Å². The number of carboxylic acid groups (broad SMARTS) is 1. The predicted molar refractivity (Wildman–Crippen MR) is 110 cm³/mol. The Balaban J connectivity index is 2.29.